The highest BCUT2D eigenvalue weighted by Gasteiger charge is 2.24. The van der Waals surface area contributed by atoms with Gasteiger partial charge < -0.3 is 15.0 Å². The fourth-order valence-electron chi connectivity index (χ4n) is 2.80. The second kappa shape index (κ2) is 9.05. The molecule has 0 spiro atoms. The number of carbonyl (C=O) groups excluding carboxylic acids is 3. The molecule has 1 aromatic rings. The van der Waals surface area contributed by atoms with E-state index in [0.29, 0.717) is 19.5 Å². The summed E-state index contributed by atoms with van der Waals surface area (Å²) in [5, 5.41) is 3.04. The number of esters is 1. The van der Waals surface area contributed by atoms with Crippen LogP contribution in [0.1, 0.15) is 31.2 Å². The van der Waals surface area contributed by atoms with Gasteiger partial charge in [-0.2, -0.15) is 0 Å². The number of piperidine rings is 1. The van der Waals surface area contributed by atoms with Crippen LogP contribution in [0.15, 0.2) is 30.3 Å². The molecule has 6 nitrogen and oxygen atoms in total. The zero-order valence-electron chi connectivity index (χ0n) is 14.0. The molecule has 6 heteroatoms. The fraction of sp³-hybridized carbons (Fsp3) is 0.500. The average Bonchev–Trinajstić information content (AvgIpc) is 2.60. The van der Waals surface area contributed by atoms with Gasteiger partial charge in [0, 0.05) is 25.6 Å². The lowest BCUT2D eigenvalue weighted by atomic mass is 10.0. The van der Waals surface area contributed by atoms with Crippen LogP contribution in [-0.4, -0.2) is 48.9 Å². The highest BCUT2D eigenvalue weighted by molar-refractivity contribution is 5.81. The van der Waals surface area contributed by atoms with Crippen LogP contribution in [0.2, 0.25) is 0 Å². The minimum atomic E-state index is -0.369. The highest BCUT2D eigenvalue weighted by Crippen LogP contribution is 2.13. The van der Waals surface area contributed by atoms with Crippen molar-refractivity contribution in [2.75, 3.05) is 20.2 Å². The molecule has 0 aromatic heterocycles. The summed E-state index contributed by atoms with van der Waals surface area (Å²) in [7, 11) is 1.32. The first kappa shape index (κ1) is 18.0. The van der Waals surface area contributed by atoms with Crippen LogP contribution < -0.4 is 5.32 Å². The third-order valence-corrected chi connectivity index (χ3v) is 4.19. The van der Waals surface area contributed by atoms with Gasteiger partial charge in [-0.1, -0.05) is 30.3 Å². The number of carbonyl (C=O) groups is 3. The lowest BCUT2D eigenvalue weighted by Crippen LogP contribution is -2.46. The number of ether oxygens (including phenoxy) is 1. The van der Waals surface area contributed by atoms with Crippen molar-refractivity contribution < 1.29 is 19.1 Å². The van der Waals surface area contributed by atoms with E-state index in [1.807, 2.05) is 30.3 Å². The van der Waals surface area contributed by atoms with E-state index < -0.39 is 0 Å². The Bertz CT molecular complexity index is 566. The molecule has 0 bridgehead atoms. The highest BCUT2D eigenvalue weighted by atomic mass is 16.5. The zero-order valence-corrected chi connectivity index (χ0v) is 14.0. The van der Waals surface area contributed by atoms with E-state index in [4.69, 9.17) is 0 Å². The average molecular weight is 332 g/mol. The third kappa shape index (κ3) is 5.68. The SMILES string of the molecule is COC(=O)CCC(=O)N1CCC(NC(=O)Cc2ccccc2)CC1. The number of nitrogens with one attached hydrogen (secondary N) is 1. The molecular weight excluding hydrogens is 308 g/mol. The van der Waals surface area contributed by atoms with Gasteiger partial charge in [0.15, 0.2) is 0 Å². The molecule has 130 valence electrons. The summed E-state index contributed by atoms with van der Waals surface area (Å²) in [5.41, 5.74) is 0.991. The number of benzene rings is 1. The predicted octanol–water partition coefficient (Wildman–Crippen LogP) is 1.29. The lowest BCUT2D eigenvalue weighted by Gasteiger charge is -2.32. The molecule has 1 aliphatic heterocycles. The summed E-state index contributed by atoms with van der Waals surface area (Å²) >= 11 is 0. The van der Waals surface area contributed by atoms with Gasteiger partial charge in [0.1, 0.15) is 0 Å². The van der Waals surface area contributed by atoms with Crippen LogP contribution in [-0.2, 0) is 25.5 Å². The number of amides is 2. The maximum Gasteiger partial charge on any atom is 0.306 e. The molecule has 2 amide bonds. The topological polar surface area (TPSA) is 75.7 Å². The summed E-state index contributed by atoms with van der Waals surface area (Å²) in [5.74, 6) is -0.391. The van der Waals surface area contributed by atoms with Crippen LogP contribution in [0.4, 0.5) is 0 Å². The molecule has 1 N–H and O–H groups in total. The molecule has 0 atom stereocenters. The minimum absolute atomic E-state index is 0.0108. The largest absolute Gasteiger partial charge is 0.469 e. The number of methoxy groups -OCH3 is 1. The fourth-order valence-corrected chi connectivity index (χ4v) is 2.80. The molecule has 1 heterocycles. The summed E-state index contributed by atoms with van der Waals surface area (Å²) < 4.78 is 4.54. The smallest absolute Gasteiger partial charge is 0.306 e. The van der Waals surface area contributed by atoms with Crippen LogP contribution in [0.3, 0.4) is 0 Å². The van der Waals surface area contributed by atoms with Crippen molar-refractivity contribution in [3.05, 3.63) is 35.9 Å². The summed E-state index contributed by atoms with van der Waals surface area (Å²) in [4.78, 5) is 36.9. The first-order valence-corrected chi connectivity index (χ1v) is 8.26. The van der Waals surface area contributed by atoms with E-state index in [1.165, 1.54) is 7.11 Å². The van der Waals surface area contributed by atoms with Crippen LogP contribution in [0.25, 0.3) is 0 Å². The van der Waals surface area contributed by atoms with E-state index in [1.54, 1.807) is 4.90 Å². The van der Waals surface area contributed by atoms with Gasteiger partial charge in [-0.05, 0) is 18.4 Å². The first-order valence-electron chi connectivity index (χ1n) is 8.26. The molecule has 24 heavy (non-hydrogen) atoms. The van der Waals surface area contributed by atoms with Crippen molar-refractivity contribution in [2.45, 2.75) is 38.1 Å². The Kier molecular flexibility index (Phi) is 6.78. The van der Waals surface area contributed by atoms with E-state index >= 15 is 0 Å². The number of hydrogen-bond acceptors (Lipinski definition) is 4. The van der Waals surface area contributed by atoms with Crippen molar-refractivity contribution in [3.63, 3.8) is 0 Å². The number of nitrogens with zero attached hydrogens (tertiary/aromatic N) is 1. The molecule has 0 aliphatic carbocycles. The van der Waals surface area contributed by atoms with Gasteiger partial charge in [-0.25, -0.2) is 0 Å². The third-order valence-electron chi connectivity index (χ3n) is 4.19. The number of likely N-dealkylation sites (tertiary alicyclic amines) is 1. The number of hydrogen-bond donors (Lipinski definition) is 1. The van der Waals surface area contributed by atoms with E-state index in [0.717, 1.165) is 18.4 Å². The maximum absolute atomic E-state index is 12.1. The standard InChI is InChI=1S/C18H24N2O4/c1-24-18(23)8-7-17(22)20-11-9-15(10-12-20)19-16(21)13-14-5-3-2-4-6-14/h2-6,15H,7-13H2,1H3,(H,19,21). The maximum atomic E-state index is 12.1. The zero-order chi connectivity index (χ0) is 17.4. The quantitative estimate of drug-likeness (QED) is 0.797. The summed E-state index contributed by atoms with van der Waals surface area (Å²) in [6.07, 6.45) is 2.15. The molecule has 1 aliphatic rings. The van der Waals surface area contributed by atoms with Gasteiger partial charge in [0.05, 0.1) is 20.0 Å². The van der Waals surface area contributed by atoms with E-state index in [-0.39, 0.29) is 36.7 Å². The van der Waals surface area contributed by atoms with Gasteiger partial charge in [0.2, 0.25) is 11.8 Å². The van der Waals surface area contributed by atoms with Crippen molar-refractivity contribution in [1.29, 1.82) is 0 Å². The Morgan fingerprint density at radius 3 is 2.42 bits per heavy atom. The Morgan fingerprint density at radius 1 is 1.12 bits per heavy atom. The van der Waals surface area contributed by atoms with Crippen molar-refractivity contribution >= 4 is 17.8 Å². The van der Waals surface area contributed by atoms with Gasteiger partial charge in [-0.15, -0.1) is 0 Å². The van der Waals surface area contributed by atoms with E-state index in [9.17, 15) is 14.4 Å². The van der Waals surface area contributed by atoms with Crippen LogP contribution in [0.5, 0.6) is 0 Å². The number of rotatable bonds is 6. The van der Waals surface area contributed by atoms with Crippen LogP contribution in [0, 0.1) is 0 Å². The first-order chi connectivity index (χ1) is 11.6. The Labute approximate surface area is 142 Å². The second-order valence-electron chi connectivity index (χ2n) is 5.96. The summed E-state index contributed by atoms with van der Waals surface area (Å²) in [6.45, 7) is 1.21. The van der Waals surface area contributed by atoms with Crippen LogP contribution >= 0.6 is 0 Å². The minimum Gasteiger partial charge on any atom is -0.469 e. The predicted molar refractivity (Wildman–Crippen MR) is 89.1 cm³/mol. The molecule has 1 saturated heterocycles. The molecule has 0 unspecified atom stereocenters. The monoisotopic (exact) mass is 332 g/mol. The molecule has 0 radical (unpaired) electrons. The molecular formula is C18H24N2O4. The molecule has 2 rings (SSSR count). The molecule has 0 saturated carbocycles. The van der Waals surface area contributed by atoms with Crippen molar-refractivity contribution in [3.8, 4) is 0 Å². The van der Waals surface area contributed by atoms with Gasteiger partial charge in [-0.3, -0.25) is 14.4 Å². The molecule has 1 aromatic carbocycles. The molecule has 1 fully saturated rings. The second-order valence-corrected chi connectivity index (χ2v) is 5.96. The Morgan fingerprint density at radius 2 is 1.79 bits per heavy atom. The van der Waals surface area contributed by atoms with Gasteiger partial charge in [0.25, 0.3) is 0 Å². The van der Waals surface area contributed by atoms with Crippen molar-refractivity contribution in [2.24, 2.45) is 0 Å². The summed E-state index contributed by atoms with van der Waals surface area (Å²) in [6, 6.07) is 9.73. The van der Waals surface area contributed by atoms with Gasteiger partial charge >= 0.3 is 5.97 Å². The lowest BCUT2D eigenvalue weighted by molar-refractivity contribution is -0.144. The van der Waals surface area contributed by atoms with E-state index in [2.05, 4.69) is 10.1 Å². The Hall–Kier alpha value is -2.37. The Balaban J connectivity index is 1.69. The van der Waals surface area contributed by atoms with Crippen molar-refractivity contribution in [1.82, 2.24) is 10.2 Å². The normalized spacial score (nSPS) is 15.0.